The molecule has 1 heterocycles. The molecule has 1 aromatic heterocycles. The van der Waals surface area contributed by atoms with Crippen molar-refractivity contribution in [2.75, 3.05) is 0 Å². The van der Waals surface area contributed by atoms with Crippen LogP contribution in [0.25, 0.3) is 0 Å². The lowest BCUT2D eigenvalue weighted by molar-refractivity contribution is 0.0881. The molecule has 4 heteroatoms. The third-order valence-corrected chi connectivity index (χ3v) is 4.02. The molecule has 0 spiro atoms. The van der Waals surface area contributed by atoms with Gasteiger partial charge in [-0.2, -0.15) is 0 Å². The van der Waals surface area contributed by atoms with E-state index in [4.69, 9.17) is 10.2 Å². The Kier molecular flexibility index (Phi) is 4.07. The lowest BCUT2D eigenvalue weighted by Gasteiger charge is -2.32. The number of carbonyl (C=O) groups excluding carboxylic acids is 1. The van der Waals surface area contributed by atoms with Crippen LogP contribution in [0.4, 0.5) is 0 Å². The number of amides is 1. The second-order valence-corrected chi connectivity index (χ2v) is 5.41. The Morgan fingerprint density at radius 2 is 2.17 bits per heavy atom. The van der Waals surface area contributed by atoms with Crippen LogP contribution in [0.15, 0.2) is 16.5 Å². The first-order chi connectivity index (χ1) is 8.60. The molecule has 3 N–H and O–H groups in total. The molecule has 1 aromatic rings. The third-order valence-electron chi connectivity index (χ3n) is 4.02. The number of hydrogen-bond donors (Lipinski definition) is 2. The number of nitrogens with one attached hydrogen (secondary N) is 1. The summed E-state index contributed by atoms with van der Waals surface area (Å²) in [5.74, 6) is 2.31. The highest BCUT2D eigenvalue weighted by atomic mass is 16.4. The molecule has 0 aliphatic heterocycles. The van der Waals surface area contributed by atoms with Gasteiger partial charge < -0.3 is 15.5 Å². The molecular weight excluding hydrogens is 228 g/mol. The zero-order chi connectivity index (χ0) is 13.1. The van der Waals surface area contributed by atoms with E-state index in [1.807, 2.05) is 0 Å². The van der Waals surface area contributed by atoms with Gasteiger partial charge in [0.15, 0.2) is 5.76 Å². The van der Waals surface area contributed by atoms with E-state index in [1.165, 1.54) is 6.42 Å². The van der Waals surface area contributed by atoms with Gasteiger partial charge in [0, 0.05) is 6.04 Å². The SMILES string of the molecule is CC1CCC(NC(=O)c2ccc(CN)o2)CC1C. The van der Waals surface area contributed by atoms with Crippen LogP contribution in [0, 0.1) is 11.8 Å². The highest BCUT2D eigenvalue weighted by molar-refractivity contribution is 5.91. The second kappa shape index (κ2) is 5.57. The molecule has 1 aliphatic carbocycles. The molecule has 1 aliphatic rings. The van der Waals surface area contributed by atoms with Crippen LogP contribution in [0.1, 0.15) is 49.4 Å². The Morgan fingerprint density at radius 1 is 1.39 bits per heavy atom. The first-order valence-corrected chi connectivity index (χ1v) is 6.69. The van der Waals surface area contributed by atoms with Gasteiger partial charge in [-0.3, -0.25) is 4.79 Å². The maximum Gasteiger partial charge on any atom is 0.287 e. The van der Waals surface area contributed by atoms with Gasteiger partial charge in [-0.15, -0.1) is 0 Å². The van der Waals surface area contributed by atoms with Crippen LogP contribution in [0.5, 0.6) is 0 Å². The van der Waals surface area contributed by atoms with E-state index in [2.05, 4.69) is 19.2 Å². The summed E-state index contributed by atoms with van der Waals surface area (Å²) in [6, 6.07) is 3.71. The molecule has 0 radical (unpaired) electrons. The Morgan fingerprint density at radius 3 is 2.78 bits per heavy atom. The van der Waals surface area contributed by atoms with Crippen LogP contribution in [-0.2, 0) is 6.54 Å². The van der Waals surface area contributed by atoms with E-state index in [1.54, 1.807) is 12.1 Å². The molecule has 1 amide bonds. The first-order valence-electron chi connectivity index (χ1n) is 6.69. The van der Waals surface area contributed by atoms with Crippen LogP contribution < -0.4 is 11.1 Å². The molecule has 0 bridgehead atoms. The van der Waals surface area contributed by atoms with Gasteiger partial charge in [-0.05, 0) is 43.2 Å². The van der Waals surface area contributed by atoms with Crippen molar-refractivity contribution < 1.29 is 9.21 Å². The van der Waals surface area contributed by atoms with Gasteiger partial charge in [-0.25, -0.2) is 0 Å². The summed E-state index contributed by atoms with van der Waals surface area (Å²) in [5.41, 5.74) is 5.46. The summed E-state index contributed by atoms with van der Waals surface area (Å²) >= 11 is 0. The predicted octanol–water partition coefficient (Wildman–Crippen LogP) is 2.29. The third kappa shape index (κ3) is 2.93. The molecule has 0 aromatic carbocycles. The molecule has 1 saturated carbocycles. The fraction of sp³-hybridized carbons (Fsp3) is 0.643. The van der Waals surface area contributed by atoms with Gasteiger partial charge in [0.1, 0.15) is 5.76 Å². The minimum absolute atomic E-state index is 0.124. The van der Waals surface area contributed by atoms with Crippen molar-refractivity contribution in [2.24, 2.45) is 17.6 Å². The van der Waals surface area contributed by atoms with Gasteiger partial charge in [-0.1, -0.05) is 13.8 Å². The molecule has 18 heavy (non-hydrogen) atoms. The maximum atomic E-state index is 12.0. The van der Waals surface area contributed by atoms with Crippen molar-refractivity contribution in [1.29, 1.82) is 0 Å². The van der Waals surface area contributed by atoms with E-state index < -0.39 is 0 Å². The summed E-state index contributed by atoms with van der Waals surface area (Å²) in [5, 5.41) is 3.05. The van der Waals surface area contributed by atoms with Crippen LogP contribution in [0.2, 0.25) is 0 Å². The van der Waals surface area contributed by atoms with Crippen molar-refractivity contribution in [1.82, 2.24) is 5.32 Å². The van der Waals surface area contributed by atoms with E-state index in [0.717, 1.165) is 18.8 Å². The van der Waals surface area contributed by atoms with Crippen LogP contribution in [-0.4, -0.2) is 11.9 Å². The number of furan rings is 1. The smallest absolute Gasteiger partial charge is 0.287 e. The van der Waals surface area contributed by atoms with Gasteiger partial charge in [0.2, 0.25) is 0 Å². The zero-order valence-electron chi connectivity index (χ0n) is 11.1. The molecule has 0 saturated heterocycles. The Balaban J connectivity index is 1.91. The first kappa shape index (κ1) is 13.1. The Labute approximate surface area is 108 Å². The van der Waals surface area contributed by atoms with E-state index >= 15 is 0 Å². The summed E-state index contributed by atoms with van der Waals surface area (Å²) < 4.78 is 5.35. The van der Waals surface area contributed by atoms with Crippen molar-refractivity contribution in [2.45, 2.75) is 45.7 Å². The normalized spacial score (nSPS) is 28.1. The summed E-state index contributed by atoms with van der Waals surface area (Å²) in [7, 11) is 0. The fourth-order valence-electron chi connectivity index (χ4n) is 2.54. The standard InChI is InChI=1S/C14H22N2O2/c1-9-3-4-11(7-10(9)2)16-14(17)13-6-5-12(8-15)18-13/h5-6,9-11H,3-4,7-8,15H2,1-2H3,(H,16,17). The van der Waals surface area contributed by atoms with Crippen molar-refractivity contribution in [3.63, 3.8) is 0 Å². The highest BCUT2D eigenvalue weighted by Gasteiger charge is 2.26. The molecule has 1 fully saturated rings. The largest absolute Gasteiger partial charge is 0.455 e. The topological polar surface area (TPSA) is 68.3 Å². The Bertz CT molecular complexity index is 414. The lowest BCUT2D eigenvalue weighted by Crippen LogP contribution is -2.39. The van der Waals surface area contributed by atoms with Crippen molar-refractivity contribution in [3.8, 4) is 0 Å². The van der Waals surface area contributed by atoms with Crippen molar-refractivity contribution in [3.05, 3.63) is 23.7 Å². The van der Waals surface area contributed by atoms with Crippen molar-refractivity contribution >= 4 is 5.91 Å². The van der Waals surface area contributed by atoms with Crippen LogP contribution >= 0.6 is 0 Å². The Hall–Kier alpha value is -1.29. The fourth-order valence-corrected chi connectivity index (χ4v) is 2.54. The molecule has 100 valence electrons. The molecule has 4 nitrogen and oxygen atoms in total. The summed E-state index contributed by atoms with van der Waals surface area (Å²) in [6.07, 6.45) is 3.29. The zero-order valence-corrected chi connectivity index (χ0v) is 11.1. The maximum absolute atomic E-state index is 12.0. The monoisotopic (exact) mass is 250 g/mol. The quantitative estimate of drug-likeness (QED) is 0.864. The van der Waals surface area contributed by atoms with E-state index in [-0.39, 0.29) is 11.9 Å². The second-order valence-electron chi connectivity index (χ2n) is 5.41. The molecule has 2 rings (SSSR count). The lowest BCUT2D eigenvalue weighted by atomic mass is 9.79. The number of carbonyl (C=O) groups is 1. The van der Waals surface area contributed by atoms with Gasteiger partial charge in [0.05, 0.1) is 6.54 Å². The summed E-state index contributed by atoms with van der Waals surface area (Å²) in [6.45, 7) is 4.86. The minimum atomic E-state index is -0.124. The van der Waals surface area contributed by atoms with E-state index in [9.17, 15) is 4.79 Å². The average molecular weight is 250 g/mol. The number of hydrogen-bond acceptors (Lipinski definition) is 3. The summed E-state index contributed by atoms with van der Waals surface area (Å²) in [4.78, 5) is 12.0. The van der Waals surface area contributed by atoms with Gasteiger partial charge >= 0.3 is 0 Å². The molecule has 3 unspecified atom stereocenters. The molecular formula is C14H22N2O2. The van der Waals surface area contributed by atoms with Gasteiger partial charge in [0.25, 0.3) is 5.91 Å². The molecule has 3 atom stereocenters. The number of nitrogens with two attached hydrogens (primary N) is 1. The predicted molar refractivity (Wildman–Crippen MR) is 70.0 cm³/mol. The number of rotatable bonds is 3. The van der Waals surface area contributed by atoms with Crippen LogP contribution in [0.3, 0.4) is 0 Å². The van der Waals surface area contributed by atoms with E-state index in [0.29, 0.717) is 24.0 Å². The highest BCUT2D eigenvalue weighted by Crippen LogP contribution is 2.29. The average Bonchev–Trinajstić information content (AvgIpc) is 2.82. The minimum Gasteiger partial charge on any atom is -0.455 e.